The lowest BCUT2D eigenvalue weighted by Crippen LogP contribution is -2.63. The topological polar surface area (TPSA) is 90.4 Å². The van der Waals surface area contributed by atoms with Gasteiger partial charge in [-0.25, -0.2) is 9.97 Å². The Morgan fingerprint density at radius 1 is 1.05 bits per heavy atom. The van der Waals surface area contributed by atoms with Gasteiger partial charge < -0.3 is 15.7 Å². The fraction of sp³-hybridized carbons (Fsp3) is 0.444. The smallest absolute Gasteiger partial charge is 0.392 e. The van der Waals surface area contributed by atoms with Crippen molar-refractivity contribution in [2.24, 2.45) is 0 Å². The number of nitrogens with zero attached hydrogens (tertiary/aromatic N) is 3. The van der Waals surface area contributed by atoms with Crippen molar-refractivity contribution in [3.05, 3.63) is 65.5 Å². The number of aromatic nitrogens is 2. The number of alkyl halides is 3. The first-order valence-electron chi connectivity index (χ1n) is 12.6. The van der Waals surface area contributed by atoms with E-state index in [0.717, 1.165) is 56.5 Å². The van der Waals surface area contributed by atoms with Gasteiger partial charge in [0.1, 0.15) is 12.1 Å². The number of aliphatic hydroxyl groups is 1. The van der Waals surface area contributed by atoms with Gasteiger partial charge >= 0.3 is 6.18 Å². The van der Waals surface area contributed by atoms with Crippen LogP contribution in [0.15, 0.2) is 48.8 Å². The molecule has 2 aliphatic rings. The van der Waals surface area contributed by atoms with Crippen molar-refractivity contribution in [2.45, 2.75) is 56.5 Å². The quantitative estimate of drug-likeness (QED) is 0.441. The van der Waals surface area contributed by atoms with E-state index >= 15 is 0 Å². The van der Waals surface area contributed by atoms with E-state index in [1.54, 1.807) is 0 Å². The van der Waals surface area contributed by atoms with Crippen LogP contribution in [0.3, 0.4) is 0 Å². The summed E-state index contributed by atoms with van der Waals surface area (Å²) < 4.78 is 39.3. The average molecular weight is 514 g/mol. The maximum Gasteiger partial charge on any atom is 0.416 e. The summed E-state index contributed by atoms with van der Waals surface area (Å²) in [7, 11) is 0. The number of halogens is 3. The summed E-state index contributed by atoms with van der Waals surface area (Å²) in [5, 5.41) is 15.7. The molecule has 7 nitrogen and oxygen atoms in total. The van der Waals surface area contributed by atoms with Crippen molar-refractivity contribution in [3.63, 3.8) is 0 Å². The minimum Gasteiger partial charge on any atom is -0.392 e. The number of fused-ring (bicyclic) bond motifs is 1. The second kappa shape index (κ2) is 10.6. The zero-order valence-electron chi connectivity index (χ0n) is 20.3. The average Bonchev–Trinajstić information content (AvgIpc) is 2.88. The molecule has 37 heavy (non-hydrogen) atoms. The molecule has 0 radical (unpaired) electrons. The van der Waals surface area contributed by atoms with Crippen LogP contribution in [0.2, 0.25) is 0 Å². The summed E-state index contributed by atoms with van der Waals surface area (Å²) in [4.78, 5) is 22.9. The van der Waals surface area contributed by atoms with Crippen LogP contribution in [0.25, 0.3) is 10.9 Å². The number of carbonyl (C=O) groups excluding carboxylic acids is 1. The highest BCUT2D eigenvalue weighted by molar-refractivity contribution is 5.91. The van der Waals surface area contributed by atoms with Crippen molar-refractivity contribution in [1.82, 2.24) is 20.2 Å². The number of anilines is 1. The van der Waals surface area contributed by atoms with Gasteiger partial charge in [-0.15, -0.1) is 0 Å². The first-order valence-corrected chi connectivity index (χ1v) is 12.6. The first kappa shape index (κ1) is 25.4. The molecule has 0 atom stereocenters. The maximum atomic E-state index is 13.1. The molecule has 0 spiro atoms. The molecule has 2 aromatic carbocycles. The second-order valence-electron chi connectivity index (χ2n) is 9.89. The molecule has 196 valence electrons. The summed E-state index contributed by atoms with van der Waals surface area (Å²) in [6.45, 7) is 1.56. The van der Waals surface area contributed by atoms with Gasteiger partial charge in [-0.05, 0) is 60.9 Å². The molecule has 1 amide bonds. The van der Waals surface area contributed by atoms with E-state index in [4.69, 9.17) is 0 Å². The number of hydrogen-bond donors (Lipinski definition) is 3. The van der Waals surface area contributed by atoms with E-state index in [-0.39, 0.29) is 36.3 Å². The zero-order valence-corrected chi connectivity index (χ0v) is 20.3. The van der Waals surface area contributed by atoms with Crippen molar-refractivity contribution in [3.8, 4) is 0 Å². The predicted molar refractivity (Wildman–Crippen MR) is 134 cm³/mol. The highest BCUT2D eigenvalue weighted by Crippen LogP contribution is 2.37. The number of aliphatic hydroxyl groups excluding tert-OH is 1. The van der Waals surface area contributed by atoms with Crippen LogP contribution in [-0.4, -0.2) is 57.6 Å². The highest BCUT2D eigenvalue weighted by atomic mass is 19.4. The molecule has 1 saturated carbocycles. The zero-order chi connectivity index (χ0) is 26.0. The summed E-state index contributed by atoms with van der Waals surface area (Å²) in [6, 6.07) is 11.9. The first-order chi connectivity index (χ1) is 17.8. The predicted octanol–water partition coefficient (Wildman–Crippen LogP) is 4.08. The van der Waals surface area contributed by atoms with E-state index in [2.05, 4.69) is 31.6 Å². The van der Waals surface area contributed by atoms with Crippen LogP contribution in [0.4, 0.5) is 19.0 Å². The third-order valence-corrected chi connectivity index (χ3v) is 7.53. The molecule has 0 unspecified atom stereocenters. The van der Waals surface area contributed by atoms with Crippen LogP contribution in [0.5, 0.6) is 0 Å². The molecule has 1 aliphatic carbocycles. The number of benzene rings is 2. The van der Waals surface area contributed by atoms with Gasteiger partial charge in [-0.2, -0.15) is 13.2 Å². The van der Waals surface area contributed by atoms with Gasteiger partial charge in [-0.3, -0.25) is 9.69 Å². The Morgan fingerprint density at radius 2 is 1.81 bits per heavy atom. The summed E-state index contributed by atoms with van der Waals surface area (Å²) in [6.07, 6.45) is 1.14. The third kappa shape index (κ3) is 5.70. The maximum absolute atomic E-state index is 13.1. The summed E-state index contributed by atoms with van der Waals surface area (Å²) >= 11 is 0. The molecule has 5 rings (SSSR count). The lowest BCUT2D eigenvalue weighted by Gasteiger charge is -2.47. The van der Waals surface area contributed by atoms with Gasteiger partial charge in [0, 0.05) is 24.5 Å². The van der Waals surface area contributed by atoms with E-state index in [1.807, 2.05) is 18.2 Å². The number of likely N-dealkylation sites (tertiary alicyclic amines) is 1. The Hall–Kier alpha value is -3.24. The highest BCUT2D eigenvalue weighted by Gasteiger charge is 2.36. The number of rotatable bonds is 7. The Bertz CT molecular complexity index is 1250. The molecule has 1 saturated heterocycles. The summed E-state index contributed by atoms with van der Waals surface area (Å²) in [5.74, 6) is 0.446. The lowest BCUT2D eigenvalue weighted by atomic mass is 9.79. The molecule has 2 fully saturated rings. The Morgan fingerprint density at radius 3 is 2.54 bits per heavy atom. The fourth-order valence-corrected chi connectivity index (χ4v) is 5.55. The normalized spacial score (nSPS) is 21.0. The minimum absolute atomic E-state index is 0.0566. The van der Waals surface area contributed by atoms with Crippen LogP contribution < -0.4 is 10.6 Å². The van der Waals surface area contributed by atoms with Crippen LogP contribution in [-0.2, 0) is 17.6 Å². The Balaban J connectivity index is 1.08. The fourth-order valence-electron chi connectivity index (χ4n) is 5.55. The van der Waals surface area contributed by atoms with Gasteiger partial charge in [0.2, 0.25) is 5.91 Å². The monoisotopic (exact) mass is 513 g/mol. The number of carbonyl (C=O) groups is 1. The minimum atomic E-state index is -4.47. The third-order valence-electron chi connectivity index (χ3n) is 7.53. The Kier molecular flexibility index (Phi) is 7.30. The second-order valence-corrected chi connectivity index (χ2v) is 9.89. The van der Waals surface area contributed by atoms with Gasteiger partial charge in [0.15, 0.2) is 0 Å². The summed E-state index contributed by atoms with van der Waals surface area (Å²) in [5.41, 5.74) is 1.86. The molecule has 2 heterocycles. The molecule has 10 heteroatoms. The van der Waals surface area contributed by atoms with Gasteiger partial charge in [0.05, 0.1) is 30.3 Å². The molecule has 1 aromatic heterocycles. The SMILES string of the molecule is O=C(CNc1ncnc2ccc(C(F)(F)F)cc12)NC1CN([C@H]2CC[C@@H](c3ccccc3CO)CC2)C1. The molecule has 1 aliphatic heterocycles. The van der Waals surface area contributed by atoms with Crippen LogP contribution in [0.1, 0.15) is 48.3 Å². The molecular weight excluding hydrogens is 483 g/mol. The van der Waals surface area contributed by atoms with E-state index in [0.29, 0.717) is 17.5 Å². The number of nitrogens with one attached hydrogen (secondary N) is 2. The number of amides is 1. The molecule has 3 N–H and O–H groups in total. The molecule has 0 bridgehead atoms. The van der Waals surface area contributed by atoms with Gasteiger partial charge in [-0.1, -0.05) is 24.3 Å². The largest absolute Gasteiger partial charge is 0.416 e. The van der Waals surface area contributed by atoms with E-state index in [9.17, 15) is 23.1 Å². The number of hydrogen-bond acceptors (Lipinski definition) is 6. The van der Waals surface area contributed by atoms with Crippen molar-refractivity contribution >= 4 is 22.6 Å². The molecular formula is C27H30F3N5O2. The van der Waals surface area contributed by atoms with Crippen LogP contribution >= 0.6 is 0 Å². The van der Waals surface area contributed by atoms with Crippen molar-refractivity contribution in [2.75, 3.05) is 25.0 Å². The van der Waals surface area contributed by atoms with E-state index < -0.39 is 11.7 Å². The standard InChI is InChI=1S/C27H30F3N5O2/c28-27(29,30)19-7-10-24-23(11-19)26(33-16-32-24)31-12-25(37)34-20-13-35(14-20)21-8-5-17(6-9-21)22-4-2-1-3-18(22)15-36/h1-4,7,10-11,16-17,20-21,36H,5-6,8-9,12-15H2,(H,34,37)(H,31,32,33)/t17-,21+. The van der Waals surface area contributed by atoms with E-state index in [1.165, 1.54) is 18.0 Å². The molecule has 3 aromatic rings. The van der Waals surface area contributed by atoms with Gasteiger partial charge in [0.25, 0.3) is 0 Å². The van der Waals surface area contributed by atoms with Crippen molar-refractivity contribution < 1.29 is 23.1 Å². The Labute approximate surface area is 213 Å². The lowest BCUT2D eigenvalue weighted by molar-refractivity contribution is -0.137. The van der Waals surface area contributed by atoms with Crippen LogP contribution in [0, 0.1) is 0 Å². The van der Waals surface area contributed by atoms with Crippen molar-refractivity contribution in [1.29, 1.82) is 0 Å².